The van der Waals surface area contributed by atoms with Gasteiger partial charge in [0.2, 0.25) is 5.91 Å². The number of amides is 2. The Balaban J connectivity index is 1.42. The van der Waals surface area contributed by atoms with Crippen molar-refractivity contribution >= 4 is 17.5 Å². The van der Waals surface area contributed by atoms with Crippen LogP contribution >= 0.6 is 0 Å². The molecule has 0 unspecified atom stereocenters. The van der Waals surface area contributed by atoms with Crippen molar-refractivity contribution in [1.29, 1.82) is 0 Å². The SMILES string of the molecule is O=C(Nc1ccc(-n2cccn2)c(F)c1)[C@@H]1CCCN(C(=O)c2ccoc2)C1. The van der Waals surface area contributed by atoms with Gasteiger partial charge in [-0.2, -0.15) is 5.10 Å². The predicted octanol–water partition coefficient (Wildman–Crippen LogP) is 3.10. The largest absolute Gasteiger partial charge is 0.472 e. The highest BCUT2D eigenvalue weighted by molar-refractivity contribution is 5.96. The lowest BCUT2D eigenvalue weighted by molar-refractivity contribution is -0.121. The van der Waals surface area contributed by atoms with Crippen LogP contribution in [0.25, 0.3) is 5.69 Å². The van der Waals surface area contributed by atoms with E-state index >= 15 is 0 Å². The number of aromatic nitrogens is 2. The van der Waals surface area contributed by atoms with Crippen LogP contribution in [0.4, 0.5) is 10.1 Å². The molecule has 28 heavy (non-hydrogen) atoms. The van der Waals surface area contributed by atoms with Crippen LogP contribution in [0, 0.1) is 11.7 Å². The lowest BCUT2D eigenvalue weighted by atomic mass is 9.96. The van der Waals surface area contributed by atoms with Gasteiger partial charge in [-0.15, -0.1) is 0 Å². The predicted molar refractivity (Wildman–Crippen MR) is 99.5 cm³/mol. The van der Waals surface area contributed by atoms with Gasteiger partial charge in [-0.25, -0.2) is 9.07 Å². The molecule has 144 valence electrons. The number of carbonyl (C=O) groups excluding carboxylic acids is 2. The van der Waals surface area contributed by atoms with Crippen LogP contribution in [0.5, 0.6) is 0 Å². The molecule has 0 aliphatic carbocycles. The van der Waals surface area contributed by atoms with E-state index in [0.29, 0.717) is 36.4 Å². The average Bonchev–Trinajstić information content (AvgIpc) is 3.42. The molecule has 1 aliphatic rings. The molecule has 8 heteroatoms. The van der Waals surface area contributed by atoms with E-state index in [9.17, 15) is 14.0 Å². The van der Waals surface area contributed by atoms with Crippen LogP contribution in [0.3, 0.4) is 0 Å². The molecule has 3 heterocycles. The van der Waals surface area contributed by atoms with Crippen molar-refractivity contribution in [3.63, 3.8) is 0 Å². The number of hydrogen-bond acceptors (Lipinski definition) is 4. The van der Waals surface area contributed by atoms with Crippen LogP contribution < -0.4 is 5.32 Å². The summed E-state index contributed by atoms with van der Waals surface area (Å²) in [6.45, 7) is 0.921. The number of furan rings is 1. The first-order valence-electron chi connectivity index (χ1n) is 9.04. The molecule has 3 aromatic rings. The van der Waals surface area contributed by atoms with Gasteiger partial charge in [-0.05, 0) is 43.2 Å². The highest BCUT2D eigenvalue weighted by Crippen LogP contribution is 2.22. The molecule has 1 atom stereocenters. The summed E-state index contributed by atoms with van der Waals surface area (Å²) in [7, 11) is 0. The van der Waals surface area contributed by atoms with E-state index in [1.807, 2.05) is 0 Å². The monoisotopic (exact) mass is 382 g/mol. The summed E-state index contributed by atoms with van der Waals surface area (Å²) < 4.78 is 20.7. The highest BCUT2D eigenvalue weighted by Gasteiger charge is 2.29. The van der Waals surface area contributed by atoms with Crippen molar-refractivity contribution in [2.75, 3.05) is 18.4 Å². The fourth-order valence-electron chi connectivity index (χ4n) is 3.37. The Hall–Kier alpha value is -3.42. The molecule has 1 aromatic carbocycles. The number of rotatable bonds is 4. The van der Waals surface area contributed by atoms with Crippen molar-refractivity contribution in [2.45, 2.75) is 12.8 Å². The van der Waals surface area contributed by atoms with E-state index in [1.165, 1.54) is 23.3 Å². The first-order chi connectivity index (χ1) is 13.6. The maximum atomic E-state index is 14.4. The number of carbonyl (C=O) groups is 2. The van der Waals surface area contributed by atoms with E-state index < -0.39 is 5.82 Å². The van der Waals surface area contributed by atoms with Gasteiger partial charge >= 0.3 is 0 Å². The molecule has 1 N–H and O–H groups in total. The van der Waals surface area contributed by atoms with Gasteiger partial charge < -0.3 is 14.6 Å². The minimum atomic E-state index is -0.484. The maximum Gasteiger partial charge on any atom is 0.257 e. The lowest BCUT2D eigenvalue weighted by Gasteiger charge is -2.31. The fraction of sp³-hybridized carbons (Fsp3) is 0.250. The first kappa shape index (κ1) is 18.0. The molecule has 2 aromatic heterocycles. The molecule has 0 spiro atoms. The van der Waals surface area contributed by atoms with E-state index in [4.69, 9.17) is 4.42 Å². The van der Waals surface area contributed by atoms with Crippen LogP contribution in [-0.2, 0) is 4.79 Å². The topological polar surface area (TPSA) is 80.4 Å². The highest BCUT2D eigenvalue weighted by atomic mass is 19.1. The van der Waals surface area contributed by atoms with Crippen LogP contribution in [0.1, 0.15) is 23.2 Å². The van der Waals surface area contributed by atoms with Gasteiger partial charge in [-0.1, -0.05) is 0 Å². The zero-order valence-electron chi connectivity index (χ0n) is 15.0. The number of anilines is 1. The summed E-state index contributed by atoms with van der Waals surface area (Å²) in [6.07, 6.45) is 7.46. The fourth-order valence-corrected chi connectivity index (χ4v) is 3.37. The molecule has 0 radical (unpaired) electrons. The van der Waals surface area contributed by atoms with Gasteiger partial charge in [0.1, 0.15) is 12.0 Å². The number of hydrogen-bond donors (Lipinski definition) is 1. The van der Waals surface area contributed by atoms with Gasteiger partial charge in [-0.3, -0.25) is 9.59 Å². The van der Waals surface area contributed by atoms with Crippen molar-refractivity contribution in [3.05, 3.63) is 66.6 Å². The van der Waals surface area contributed by atoms with Crippen molar-refractivity contribution in [1.82, 2.24) is 14.7 Å². The molecule has 0 saturated carbocycles. The van der Waals surface area contributed by atoms with E-state index in [0.717, 1.165) is 6.42 Å². The third-order valence-corrected chi connectivity index (χ3v) is 4.81. The molecular weight excluding hydrogens is 363 g/mol. The normalized spacial score (nSPS) is 16.8. The Morgan fingerprint density at radius 2 is 2.18 bits per heavy atom. The summed E-state index contributed by atoms with van der Waals surface area (Å²) in [5.74, 6) is -1.21. The summed E-state index contributed by atoms with van der Waals surface area (Å²) in [4.78, 5) is 26.8. The summed E-state index contributed by atoms with van der Waals surface area (Å²) in [5.41, 5.74) is 1.14. The van der Waals surface area contributed by atoms with Gasteiger partial charge in [0.15, 0.2) is 5.82 Å². The third-order valence-electron chi connectivity index (χ3n) is 4.81. The smallest absolute Gasteiger partial charge is 0.257 e. The Kier molecular flexibility index (Phi) is 4.92. The number of halogens is 1. The standard InChI is InChI=1S/C20H19FN4O3/c21-17-11-16(4-5-18(17)25-9-2-7-22-25)23-19(26)14-3-1-8-24(12-14)20(27)15-6-10-28-13-15/h2,4-7,9-11,13-14H,1,3,8,12H2,(H,23,26)/t14-/m1/s1. The quantitative estimate of drug-likeness (QED) is 0.752. The second kappa shape index (κ2) is 7.67. The Morgan fingerprint density at radius 1 is 1.29 bits per heavy atom. The molecule has 2 amide bonds. The molecule has 1 aliphatic heterocycles. The Labute approximate surface area is 160 Å². The minimum absolute atomic E-state index is 0.152. The number of nitrogens with one attached hydrogen (secondary N) is 1. The molecule has 0 bridgehead atoms. The summed E-state index contributed by atoms with van der Waals surface area (Å²) >= 11 is 0. The van der Waals surface area contributed by atoms with E-state index in [1.54, 1.807) is 41.6 Å². The van der Waals surface area contributed by atoms with E-state index in [-0.39, 0.29) is 17.7 Å². The van der Waals surface area contributed by atoms with Crippen molar-refractivity contribution in [2.24, 2.45) is 5.92 Å². The number of likely N-dealkylation sites (tertiary alicyclic amines) is 1. The maximum absolute atomic E-state index is 14.4. The van der Waals surface area contributed by atoms with Crippen LogP contribution in [0.2, 0.25) is 0 Å². The average molecular weight is 382 g/mol. The molecular formula is C20H19FN4O3. The number of nitrogens with zero attached hydrogens (tertiary/aromatic N) is 3. The van der Waals surface area contributed by atoms with Crippen molar-refractivity contribution < 1.29 is 18.4 Å². The number of benzene rings is 1. The van der Waals surface area contributed by atoms with Crippen molar-refractivity contribution in [3.8, 4) is 5.69 Å². The van der Waals surface area contributed by atoms with Crippen LogP contribution in [0.15, 0.2) is 59.7 Å². The van der Waals surface area contributed by atoms with Gasteiger partial charge in [0, 0.05) is 31.2 Å². The molecule has 1 saturated heterocycles. The second-order valence-electron chi connectivity index (χ2n) is 6.71. The van der Waals surface area contributed by atoms with Gasteiger partial charge in [0.05, 0.1) is 17.7 Å². The Morgan fingerprint density at radius 3 is 2.89 bits per heavy atom. The van der Waals surface area contributed by atoms with E-state index in [2.05, 4.69) is 10.4 Å². The zero-order chi connectivity index (χ0) is 19.5. The first-order valence-corrected chi connectivity index (χ1v) is 9.04. The summed E-state index contributed by atoms with van der Waals surface area (Å²) in [5, 5.41) is 6.76. The number of piperidine rings is 1. The minimum Gasteiger partial charge on any atom is -0.472 e. The van der Waals surface area contributed by atoms with Crippen LogP contribution in [-0.4, -0.2) is 39.6 Å². The molecule has 4 rings (SSSR count). The Bertz CT molecular complexity index is 970. The summed E-state index contributed by atoms with van der Waals surface area (Å²) in [6, 6.07) is 7.78. The molecule has 7 nitrogen and oxygen atoms in total. The van der Waals surface area contributed by atoms with Gasteiger partial charge in [0.25, 0.3) is 5.91 Å². The zero-order valence-corrected chi connectivity index (χ0v) is 15.0. The lowest BCUT2D eigenvalue weighted by Crippen LogP contribution is -2.43. The second-order valence-corrected chi connectivity index (χ2v) is 6.71. The third kappa shape index (κ3) is 3.66. The molecule has 1 fully saturated rings.